The standard InChI is InChI=1S/C14H12BrFN2OS2/c1-7-4-11(21-12(7)15)14(19)18-6-9-3-2-8(13(17)20)5-10(9)16/h2-5H,6H2,1H3,(H2,17,20)(H,18,19). The zero-order chi connectivity index (χ0) is 15.6. The van der Waals surface area contributed by atoms with Crippen LogP contribution < -0.4 is 11.1 Å². The van der Waals surface area contributed by atoms with Gasteiger partial charge in [0.2, 0.25) is 0 Å². The number of hydrogen-bond donors (Lipinski definition) is 2. The molecule has 0 spiro atoms. The molecule has 2 rings (SSSR count). The first-order valence-corrected chi connectivity index (χ1v) is 8.02. The van der Waals surface area contributed by atoms with Crippen molar-refractivity contribution in [3.05, 3.63) is 55.4 Å². The molecule has 0 saturated heterocycles. The number of thiocarbonyl (C=S) groups is 1. The summed E-state index contributed by atoms with van der Waals surface area (Å²) in [7, 11) is 0. The third-order valence-corrected chi connectivity index (χ3v) is 5.23. The van der Waals surface area contributed by atoms with E-state index in [2.05, 4.69) is 21.2 Å². The van der Waals surface area contributed by atoms with Gasteiger partial charge in [-0.1, -0.05) is 24.4 Å². The number of nitrogens with one attached hydrogen (secondary N) is 1. The van der Waals surface area contributed by atoms with Gasteiger partial charge >= 0.3 is 0 Å². The van der Waals surface area contributed by atoms with Crippen LogP contribution in [0.3, 0.4) is 0 Å². The number of benzene rings is 1. The topological polar surface area (TPSA) is 55.1 Å². The molecule has 0 bridgehead atoms. The number of hydrogen-bond acceptors (Lipinski definition) is 3. The van der Waals surface area contributed by atoms with E-state index in [1.807, 2.05) is 6.92 Å². The van der Waals surface area contributed by atoms with Gasteiger partial charge in [0.05, 0.1) is 8.66 Å². The fourth-order valence-electron chi connectivity index (χ4n) is 1.68. The van der Waals surface area contributed by atoms with Crippen LogP contribution >= 0.6 is 39.5 Å². The summed E-state index contributed by atoms with van der Waals surface area (Å²) in [5, 5.41) is 2.69. The molecule has 1 aromatic carbocycles. The number of halogens is 2. The van der Waals surface area contributed by atoms with Crippen molar-refractivity contribution in [2.24, 2.45) is 5.73 Å². The van der Waals surface area contributed by atoms with Crippen LogP contribution in [0.15, 0.2) is 28.1 Å². The highest BCUT2D eigenvalue weighted by atomic mass is 79.9. The van der Waals surface area contributed by atoms with E-state index in [-0.39, 0.29) is 17.4 Å². The molecule has 0 saturated carbocycles. The van der Waals surface area contributed by atoms with Crippen LogP contribution in [-0.4, -0.2) is 10.9 Å². The molecule has 0 aliphatic carbocycles. The highest BCUT2D eigenvalue weighted by Crippen LogP contribution is 2.27. The quantitative estimate of drug-likeness (QED) is 0.790. The molecule has 3 nitrogen and oxygen atoms in total. The van der Waals surface area contributed by atoms with Crippen LogP contribution in [0.4, 0.5) is 4.39 Å². The molecule has 7 heteroatoms. The number of carbonyl (C=O) groups excluding carboxylic acids is 1. The average molecular weight is 387 g/mol. The zero-order valence-corrected chi connectivity index (χ0v) is 14.3. The monoisotopic (exact) mass is 386 g/mol. The third-order valence-electron chi connectivity index (χ3n) is 2.86. The first-order chi connectivity index (χ1) is 9.88. The highest BCUT2D eigenvalue weighted by molar-refractivity contribution is 9.11. The molecule has 2 aromatic rings. The summed E-state index contributed by atoms with van der Waals surface area (Å²) in [6.07, 6.45) is 0. The van der Waals surface area contributed by atoms with Crippen molar-refractivity contribution in [3.8, 4) is 0 Å². The van der Waals surface area contributed by atoms with Crippen molar-refractivity contribution >= 4 is 50.4 Å². The Kier molecular flexibility index (Phi) is 5.08. The Morgan fingerprint density at radius 3 is 2.71 bits per heavy atom. The van der Waals surface area contributed by atoms with Gasteiger partial charge < -0.3 is 11.1 Å². The van der Waals surface area contributed by atoms with E-state index in [1.54, 1.807) is 18.2 Å². The molecule has 1 heterocycles. The van der Waals surface area contributed by atoms with Crippen LogP contribution in [0.25, 0.3) is 0 Å². The summed E-state index contributed by atoms with van der Waals surface area (Å²) in [6.45, 7) is 2.02. The van der Waals surface area contributed by atoms with E-state index < -0.39 is 5.82 Å². The lowest BCUT2D eigenvalue weighted by atomic mass is 10.1. The van der Waals surface area contributed by atoms with Crippen LogP contribution in [0, 0.1) is 12.7 Å². The Balaban J connectivity index is 2.06. The fourth-order valence-corrected chi connectivity index (χ4v) is 3.26. The van der Waals surface area contributed by atoms with Crippen molar-refractivity contribution in [1.82, 2.24) is 5.32 Å². The second-order valence-electron chi connectivity index (χ2n) is 4.42. The number of nitrogens with two attached hydrogens (primary N) is 1. The lowest BCUT2D eigenvalue weighted by Crippen LogP contribution is -2.22. The minimum absolute atomic E-state index is 0.108. The predicted molar refractivity (Wildman–Crippen MR) is 90.2 cm³/mol. The Labute approximate surface area is 139 Å². The van der Waals surface area contributed by atoms with Crippen LogP contribution in [-0.2, 0) is 6.54 Å². The third kappa shape index (κ3) is 3.87. The molecule has 1 aromatic heterocycles. The summed E-state index contributed by atoms with van der Waals surface area (Å²) >= 11 is 9.50. The highest BCUT2D eigenvalue weighted by Gasteiger charge is 2.12. The van der Waals surface area contributed by atoms with E-state index in [0.29, 0.717) is 16.0 Å². The van der Waals surface area contributed by atoms with Gasteiger partial charge in [-0.2, -0.15) is 0 Å². The molecule has 0 aliphatic rings. The number of thiophene rings is 1. The maximum Gasteiger partial charge on any atom is 0.261 e. The van der Waals surface area contributed by atoms with Crippen LogP contribution in [0.1, 0.15) is 26.4 Å². The van der Waals surface area contributed by atoms with E-state index in [1.165, 1.54) is 17.4 Å². The molecular formula is C14H12BrFN2OS2. The Hall–Kier alpha value is -1.31. The van der Waals surface area contributed by atoms with E-state index in [4.69, 9.17) is 18.0 Å². The van der Waals surface area contributed by atoms with Gasteiger partial charge in [0.1, 0.15) is 10.8 Å². The lowest BCUT2D eigenvalue weighted by molar-refractivity contribution is 0.0954. The second kappa shape index (κ2) is 6.64. The summed E-state index contributed by atoms with van der Waals surface area (Å²) in [5.74, 6) is -0.671. The smallest absolute Gasteiger partial charge is 0.261 e. The second-order valence-corrected chi connectivity index (χ2v) is 7.23. The molecule has 3 N–H and O–H groups in total. The minimum atomic E-state index is -0.441. The van der Waals surface area contributed by atoms with Crippen LogP contribution in [0.5, 0.6) is 0 Å². The average Bonchev–Trinajstić information content (AvgIpc) is 2.77. The van der Waals surface area contributed by atoms with Crippen molar-refractivity contribution in [3.63, 3.8) is 0 Å². The maximum absolute atomic E-state index is 13.9. The molecule has 0 atom stereocenters. The Morgan fingerprint density at radius 2 is 2.19 bits per heavy atom. The molecular weight excluding hydrogens is 375 g/mol. The maximum atomic E-state index is 13.9. The van der Waals surface area contributed by atoms with Crippen molar-refractivity contribution in [2.45, 2.75) is 13.5 Å². The molecule has 0 unspecified atom stereocenters. The Morgan fingerprint density at radius 1 is 1.48 bits per heavy atom. The fraction of sp³-hybridized carbons (Fsp3) is 0.143. The normalized spacial score (nSPS) is 10.4. The van der Waals surface area contributed by atoms with Gasteiger partial charge in [-0.05, 0) is 40.5 Å². The number of aryl methyl sites for hydroxylation is 1. The summed E-state index contributed by atoms with van der Waals surface area (Å²) in [6, 6.07) is 6.27. The van der Waals surface area contributed by atoms with Gasteiger partial charge in [-0.25, -0.2) is 4.39 Å². The lowest BCUT2D eigenvalue weighted by Gasteiger charge is -2.07. The Bertz CT molecular complexity index is 695. The van der Waals surface area contributed by atoms with Crippen molar-refractivity contribution in [2.75, 3.05) is 0 Å². The molecule has 1 amide bonds. The zero-order valence-electron chi connectivity index (χ0n) is 11.1. The molecule has 110 valence electrons. The van der Waals surface area contributed by atoms with Gasteiger partial charge in [0.15, 0.2) is 0 Å². The first kappa shape index (κ1) is 16.1. The molecule has 0 aliphatic heterocycles. The summed E-state index contributed by atoms with van der Waals surface area (Å²) in [4.78, 5) is 12.7. The van der Waals surface area contributed by atoms with Crippen molar-refractivity contribution < 1.29 is 9.18 Å². The van der Waals surface area contributed by atoms with Gasteiger partial charge in [0, 0.05) is 17.7 Å². The van der Waals surface area contributed by atoms with Gasteiger partial charge in [0.25, 0.3) is 5.91 Å². The predicted octanol–water partition coefficient (Wildman–Crippen LogP) is 3.52. The number of amides is 1. The van der Waals surface area contributed by atoms with E-state index in [9.17, 15) is 9.18 Å². The SMILES string of the molecule is Cc1cc(C(=O)NCc2ccc(C(N)=S)cc2F)sc1Br. The minimum Gasteiger partial charge on any atom is -0.389 e. The summed E-state index contributed by atoms with van der Waals surface area (Å²) in [5.41, 5.74) is 7.29. The molecule has 0 radical (unpaired) electrons. The summed E-state index contributed by atoms with van der Waals surface area (Å²) < 4.78 is 14.8. The molecule has 0 fully saturated rings. The van der Waals surface area contributed by atoms with Crippen molar-refractivity contribution in [1.29, 1.82) is 0 Å². The molecule has 21 heavy (non-hydrogen) atoms. The first-order valence-electron chi connectivity index (χ1n) is 6.01. The van der Waals surface area contributed by atoms with E-state index in [0.717, 1.165) is 9.35 Å². The van der Waals surface area contributed by atoms with Gasteiger partial charge in [-0.15, -0.1) is 11.3 Å². The largest absolute Gasteiger partial charge is 0.389 e. The number of rotatable bonds is 4. The van der Waals surface area contributed by atoms with Gasteiger partial charge in [-0.3, -0.25) is 4.79 Å². The van der Waals surface area contributed by atoms with E-state index >= 15 is 0 Å². The van der Waals surface area contributed by atoms with Crippen LogP contribution in [0.2, 0.25) is 0 Å². The number of carbonyl (C=O) groups is 1.